The average molecular weight is 360 g/mol. The van der Waals surface area contributed by atoms with Gasteiger partial charge in [-0.2, -0.15) is 10.2 Å². The molecule has 1 amide bonds. The summed E-state index contributed by atoms with van der Waals surface area (Å²) in [6, 6.07) is 17.2. The van der Waals surface area contributed by atoms with Crippen LogP contribution in [0.25, 0.3) is 10.8 Å². The second-order valence-electron chi connectivity index (χ2n) is 6.70. The topological polar surface area (TPSA) is 87.2 Å². The number of rotatable bonds is 3. The number of fused-ring (bicyclic) bond motifs is 1. The van der Waals surface area contributed by atoms with Crippen LogP contribution in [-0.2, 0) is 0 Å². The van der Waals surface area contributed by atoms with Crippen molar-refractivity contribution >= 4 is 22.4 Å². The first-order chi connectivity index (χ1) is 13.2. The van der Waals surface area contributed by atoms with Crippen molar-refractivity contribution in [2.75, 3.05) is 0 Å². The van der Waals surface area contributed by atoms with Crippen LogP contribution >= 0.6 is 0 Å². The van der Waals surface area contributed by atoms with Crippen molar-refractivity contribution < 1.29 is 4.79 Å². The van der Waals surface area contributed by atoms with E-state index in [9.17, 15) is 9.59 Å². The Labute approximate surface area is 156 Å². The molecular weight excluding hydrogens is 340 g/mol. The minimum atomic E-state index is -0.424. The van der Waals surface area contributed by atoms with Gasteiger partial charge in [-0.25, -0.2) is 10.5 Å². The summed E-state index contributed by atoms with van der Waals surface area (Å²) in [5.74, 6) is -0.201. The van der Waals surface area contributed by atoms with Crippen molar-refractivity contribution in [3.63, 3.8) is 0 Å². The maximum absolute atomic E-state index is 12.7. The van der Waals surface area contributed by atoms with Gasteiger partial charge in [0.05, 0.1) is 5.39 Å². The summed E-state index contributed by atoms with van der Waals surface area (Å²) in [7, 11) is 0. The van der Waals surface area contributed by atoms with Gasteiger partial charge in [-0.1, -0.05) is 55.0 Å². The molecule has 3 aromatic rings. The molecule has 2 N–H and O–H groups in total. The lowest BCUT2D eigenvalue weighted by Gasteiger charge is -2.24. The van der Waals surface area contributed by atoms with Crippen LogP contribution in [0.15, 0.2) is 64.5 Å². The molecule has 0 radical (unpaired) electrons. The summed E-state index contributed by atoms with van der Waals surface area (Å²) < 4.78 is 0. The van der Waals surface area contributed by atoms with Gasteiger partial charge < -0.3 is 0 Å². The quantitative estimate of drug-likeness (QED) is 0.702. The van der Waals surface area contributed by atoms with E-state index in [2.05, 4.69) is 32.9 Å². The lowest BCUT2D eigenvalue weighted by Crippen LogP contribution is -2.26. The van der Waals surface area contributed by atoms with E-state index in [1.54, 1.807) is 24.3 Å². The van der Waals surface area contributed by atoms with E-state index in [1.165, 1.54) is 5.56 Å². The largest absolute Gasteiger partial charge is 0.292 e. The fraction of sp³-hybridized carbons (Fsp3) is 0.238. The highest BCUT2D eigenvalue weighted by Gasteiger charge is 2.23. The van der Waals surface area contributed by atoms with Gasteiger partial charge in [-0.05, 0) is 30.9 Å². The molecule has 0 aliphatic heterocycles. The van der Waals surface area contributed by atoms with E-state index in [1.807, 2.05) is 18.2 Å². The summed E-state index contributed by atoms with van der Waals surface area (Å²) in [5, 5.41) is 11.7. The van der Waals surface area contributed by atoms with Gasteiger partial charge in [0.1, 0.15) is 0 Å². The molecule has 1 aliphatic rings. The third kappa shape index (κ3) is 3.51. The summed E-state index contributed by atoms with van der Waals surface area (Å²) in [4.78, 5) is 24.5. The minimum Gasteiger partial charge on any atom is -0.267 e. The number of aromatic amines is 1. The maximum Gasteiger partial charge on any atom is 0.292 e. The van der Waals surface area contributed by atoms with Crippen molar-refractivity contribution in [3.8, 4) is 0 Å². The second kappa shape index (κ2) is 7.53. The number of carbonyl (C=O) groups excluding carboxylic acids is 1. The zero-order valence-electron chi connectivity index (χ0n) is 14.8. The number of benzene rings is 2. The summed E-state index contributed by atoms with van der Waals surface area (Å²) >= 11 is 0. The molecular formula is C21H20N4O2. The molecule has 27 heavy (non-hydrogen) atoms. The predicted octanol–water partition coefficient (Wildman–Crippen LogP) is 3.37. The Morgan fingerprint density at radius 3 is 2.59 bits per heavy atom. The Balaban J connectivity index is 1.61. The van der Waals surface area contributed by atoms with Crippen molar-refractivity contribution in [2.24, 2.45) is 5.10 Å². The van der Waals surface area contributed by atoms with Gasteiger partial charge >= 0.3 is 0 Å². The molecule has 4 rings (SSSR count). The van der Waals surface area contributed by atoms with Crippen molar-refractivity contribution in [1.82, 2.24) is 15.6 Å². The van der Waals surface area contributed by atoms with Crippen LogP contribution in [0.2, 0.25) is 0 Å². The van der Waals surface area contributed by atoms with Gasteiger partial charge in [-0.15, -0.1) is 0 Å². The molecule has 1 heterocycles. The molecule has 0 bridgehead atoms. The first-order valence-corrected chi connectivity index (χ1v) is 9.13. The molecule has 0 unspecified atom stereocenters. The van der Waals surface area contributed by atoms with Crippen molar-refractivity contribution in [1.29, 1.82) is 0 Å². The maximum atomic E-state index is 12.7. The number of nitrogens with one attached hydrogen (secondary N) is 2. The number of amides is 1. The van der Waals surface area contributed by atoms with Crippen LogP contribution in [0.4, 0.5) is 0 Å². The number of hydrogen-bond donors (Lipinski definition) is 2. The van der Waals surface area contributed by atoms with Crippen LogP contribution in [0.3, 0.4) is 0 Å². The Hall–Kier alpha value is -3.28. The molecule has 6 nitrogen and oxygen atoms in total. The van der Waals surface area contributed by atoms with E-state index in [-0.39, 0.29) is 17.2 Å². The fourth-order valence-electron chi connectivity index (χ4n) is 3.64. The van der Waals surface area contributed by atoms with Crippen LogP contribution in [0, 0.1) is 0 Å². The smallest absolute Gasteiger partial charge is 0.267 e. The van der Waals surface area contributed by atoms with E-state index >= 15 is 0 Å². The SMILES string of the molecule is O=C(N/N=C1/CCCC[C@H]1c1ccccc1)c1n[nH]c(=O)c2ccccc12. The zero-order chi connectivity index (χ0) is 18.6. The van der Waals surface area contributed by atoms with E-state index in [0.717, 1.165) is 31.4 Å². The molecule has 1 saturated carbocycles. The molecule has 0 spiro atoms. The Morgan fingerprint density at radius 1 is 1.04 bits per heavy atom. The molecule has 2 aromatic carbocycles. The average Bonchev–Trinajstić information content (AvgIpc) is 2.73. The monoisotopic (exact) mass is 360 g/mol. The highest BCUT2D eigenvalue weighted by atomic mass is 16.2. The lowest BCUT2D eigenvalue weighted by atomic mass is 9.82. The number of carbonyl (C=O) groups is 1. The fourth-order valence-corrected chi connectivity index (χ4v) is 3.64. The van der Waals surface area contributed by atoms with E-state index in [4.69, 9.17) is 0 Å². The molecule has 1 aromatic heterocycles. The third-order valence-corrected chi connectivity index (χ3v) is 4.99. The zero-order valence-corrected chi connectivity index (χ0v) is 14.8. The summed E-state index contributed by atoms with van der Waals surface area (Å²) in [6.07, 6.45) is 4.11. The molecule has 1 fully saturated rings. The highest BCUT2D eigenvalue weighted by molar-refractivity contribution is 6.05. The van der Waals surface area contributed by atoms with Gasteiger partial charge in [0.15, 0.2) is 5.69 Å². The third-order valence-electron chi connectivity index (χ3n) is 4.99. The predicted molar refractivity (Wildman–Crippen MR) is 105 cm³/mol. The Morgan fingerprint density at radius 2 is 1.78 bits per heavy atom. The number of aromatic nitrogens is 2. The Bertz CT molecular complexity index is 1060. The molecule has 136 valence electrons. The number of hydrazone groups is 1. The van der Waals surface area contributed by atoms with Crippen LogP contribution in [0.5, 0.6) is 0 Å². The van der Waals surface area contributed by atoms with E-state index in [0.29, 0.717) is 10.8 Å². The first-order valence-electron chi connectivity index (χ1n) is 9.13. The molecule has 6 heteroatoms. The van der Waals surface area contributed by atoms with Crippen LogP contribution < -0.4 is 11.0 Å². The van der Waals surface area contributed by atoms with Crippen LogP contribution in [0.1, 0.15) is 47.7 Å². The molecule has 1 aliphatic carbocycles. The number of H-pyrrole nitrogens is 1. The lowest BCUT2D eigenvalue weighted by molar-refractivity contribution is 0.0950. The normalized spacial score (nSPS) is 18.5. The number of hydrogen-bond acceptors (Lipinski definition) is 4. The Kier molecular flexibility index (Phi) is 4.78. The van der Waals surface area contributed by atoms with Gasteiger partial charge in [0.2, 0.25) is 0 Å². The number of nitrogens with zero attached hydrogens (tertiary/aromatic N) is 2. The summed E-state index contributed by atoms with van der Waals surface area (Å²) in [5.41, 5.74) is 4.70. The minimum absolute atomic E-state index is 0.168. The highest BCUT2D eigenvalue weighted by Crippen LogP contribution is 2.30. The van der Waals surface area contributed by atoms with E-state index < -0.39 is 5.91 Å². The molecule has 0 saturated heterocycles. The molecule has 1 atom stereocenters. The van der Waals surface area contributed by atoms with Gasteiger partial charge in [0, 0.05) is 17.0 Å². The van der Waals surface area contributed by atoms with Crippen molar-refractivity contribution in [2.45, 2.75) is 31.6 Å². The standard InChI is InChI=1S/C21H20N4O2/c26-20-17-12-5-4-11-16(17)19(23-24-20)21(27)25-22-18-13-7-6-10-15(18)14-8-2-1-3-9-14/h1-5,8-9,11-12,15H,6-7,10,13H2,(H,24,26)(H,25,27)/b22-18-/t15-/m0/s1. The van der Waals surface area contributed by atoms with Gasteiger partial charge in [0.25, 0.3) is 11.5 Å². The first kappa shape index (κ1) is 17.1. The van der Waals surface area contributed by atoms with Crippen LogP contribution in [-0.4, -0.2) is 21.8 Å². The second-order valence-corrected chi connectivity index (χ2v) is 6.70. The van der Waals surface area contributed by atoms with Gasteiger partial charge in [-0.3, -0.25) is 9.59 Å². The summed E-state index contributed by atoms with van der Waals surface area (Å²) in [6.45, 7) is 0. The van der Waals surface area contributed by atoms with Crippen molar-refractivity contribution in [3.05, 3.63) is 76.2 Å².